The van der Waals surface area contributed by atoms with Crippen molar-refractivity contribution in [2.24, 2.45) is 0 Å². The van der Waals surface area contributed by atoms with Gasteiger partial charge in [-0.15, -0.1) is 0 Å². The molecule has 0 N–H and O–H groups in total. The van der Waals surface area contributed by atoms with Gasteiger partial charge in [0.15, 0.2) is 0 Å². The van der Waals surface area contributed by atoms with Gasteiger partial charge in [-0.1, -0.05) is 36.3 Å². The summed E-state index contributed by atoms with van der Waals surface area (Å²) < 4.78 is 5.22. The number of hydrogen-bond acceptors (Lipinski definition) is 1. The van der Waals surface area contributed by atoms with Gasteiger partial charge in [0.1, 0.15) is 12.2 Å². The summed E-state index contributed by atoms with van der Waals surface area (Å²) in [5, 5.41) is 0. The van der Waals surface area contributed by atoms with Gasteiger partial charge in [0.2, 0.25) is 0 Å². The molecule has 0 spiro atoms. The fourth-order valence-corrected chi connectivity index (χ4v) is 0.939. The zero-order valence-electron chi connectivity index (χ0n) is 7.37. The third-order valence-electron chi connectivity index (χ3n) is 1.61. The van der Waals surface area contributed by atoms with E-state index in [0.717, 1.165) is 5.56 Å². The van der Waals surface area contributed by atoms with Crippen LogP contribution in [0.5, 0.6) is 0 Å². The second-order valence-corrected chi connectivity index (χ2v) is 2.52. The van der Waals surface area contributed by atoms with Gasteiger partial charge >= 0.3 is 0 Å². The first kappa shape index (κ1) is 8.67. The van der Waals surface area contributed by atoms with Gasteiger partial charge < -0.3 is 4.74 Å². The summed E-state index contributed by atoms with van der Waals surface area (Å²) in [7, 11) is 0. The van der Waals surface area contributed by atoms with Gasteiger partial charge in [-0.25, -0.2) is 0 Å². The Hall–Kier alpha value is -1.42. The summed E-state index contributed by atoms with van der Waals surface area (Å²) in [5.41, 5.74) is 1.15. The van der Waals surface area contributed by atoms with Crippen LogP contribution < -0.4 is 0 Å². The number of ether oxygens (including phenoxy) is 1. The molecule has 0 radical (unpaired) electrons. The summed E-state index contributed by atoms with van der Waals surface area (Å²) in [4.78, 5) is 0. The lowest BCUT2D eigenvalue weighted by molar-refractivity contribution is 0.188. The molecule has 62 valence electrons. The summed E-state index contributed by atoms with van der Waals surface area (Å²) in [5.74, 6) is 2.70. The molecule has 1 nitrogen and oxygen atoms in total. The quantitative estimate of drug-likeness (QED) is 0.604. The topological polar surface area (TPSA) is 9.23 Å². The Bertz CT molecular complexity index is 279. The van der Waals surface area contributed by atoms with E-state index in [-0.39, 0.29) is 6.10 Å². The zero-order chi connectivity index (χ0) is 8.81. The first-order valence-electron chi connectivity index (χ1n) is 3.97. The first-order chi connectivity index (χ1) is 5.84. The van der Waals surface area contributed by atoms with Crippen molar-refractivity contribution in [3.63, 3.8) is 0 Å². The molecule has 0 saturated carbocycles. The largest absolute Gasteiger partial charge is 0.439 e. The molecule has 0 heterocycles. The van der Waals surface area contributed by atoms with E-state index in [1.54, 1.807) is 6.92 Å². The van der Waals surface area contributed by atoms with Crippen LogP contribution in [0.25, 0.3) is 0 Å². The minimum absolute atomic E-state index is 0.0543. The van der Waals surface area contributed by atoms with Crippen molar-refractivity contribution in [2.45, 2.75) is 20.0 Å². The molecule has 1 atom stereocenters. The zero-order valence-corrected chi connectivity index (χ0v) is 7.37. The van der Waals surface area contributed by atoms with Crippen LogP contribution in [0.1, 0.15) is 25.5 Å². The Balaban J connectivity index is 2.63. The molecule has 0 aliphatic rings. The normalized spacial score (nSPS) is 11.2. The molecule has 1 aromatic carbocycles. The van der Waals surface area contributed by atoms with Crippen molar-refractivity contribution < 1.29 is 4.74 Å². The molecule has 1 rings (SSSR count). The van der Waals surface area contributed by atoms with Crippen LogP contribution in [0, 0.1) is 12.0 Å². The Labute approximate surface area is 73.4 Å². The van der Waals surface area contributed by atoms with E-state index in [2.05, 4.69) is 12.0 Å². The Kier molecular flexibility index (Phi) is 3.22. The molecule has 0 aliphatic carbocycles. The predicted molar refractivity (Wildman–Crippen MR) is 49.4 cm³/mol. The van der Waals surface area contributed by atoms with Gasteiger partial charge in [0, 0.05) is 6.92 Å². The van der Waals surface area contributed by atoms with E-state index in [4.69, 9.17) is 4.74 Å². The molecule has 0 fully saturated rings. The van der Waals surface area contributed by atoms with Crippen molar-refractivity contribution in [1.29, 1.82) is 0 Å². The minimum Gasteiger partial charge on any atom is -0.439 e. The van der Waals surface area contributed by atoms with Crippen LogP contribution in [0.3, 0.4) is 0 Å². The van der Waals surface area contributed by atoms with E-state index in [1.807, 2.05) is 37.3 Å². The maximum atomic E-state index is 5.22. The Morgan fingerprint density at radius 3 is 2.50 bits per heavy atom. The molecule has 0 aliphatic heterocycles. The molecule has 0 amide bonds. The number of benzene rings is 1. The summed E-state index contributed by atoms with van der Waals surface area (Å²) in [6.45, 7) is 3.75. The lowest BCUT2D eigenvalue weighted by Gasteiger charge is -2.07. The average Bonchev–Trinajstić information content (AvgIpc) is 2.15. The lowest BCUT2D eigenvalue weighted by Crippen LogP contribution is -1.94. The van der Waals surface area contributed by atoms with E-state index < -0.39 is 0 Å². The lowest BCUT2D eigenvalue weighted by atomic mass is 10.1. The van der Waals surface area contributed by atoms with Crippen molar-refractivity contribution in [1.82, 2.24) is 0 Å². The van der Waals surface area contributed by atoms with Gasteiger partial charge in [0.05, 0.1) is 0 Å². The van der Waals surface area contributed by atoms with E-state index in [1.165, 1.54) is 0 Å². The molecular weight excluding hydrogens is 148 g/mol. The van der Waals surface area contributed by atoms with Crippen molar-refractivity contribution in [3.8, 4) is 12.0 Å². The van der Waals surface area contributed by atoms with Gasteiger partial charge in [-0.05, 0) is 12.5 Å². The van der Waals surface area contributed by atoms with Crippen LogP contribution in [-0.2, 0) is 4.74 Å². The Morgan fingerprint density at radius 1 is 1.25 bits per heavy atom. The smallest absolute Gasteiger partial charge is 0.133 e. The van der Waals surface area contributed by atoms with Gasteiger partial charge in [0.25, 0.3) is 0 Å². The van der Waals surface area contributed by atoms with Crippen LogP contribution in [0.15, 0.2) is 30.3 Å². The number of rotatable bonds is 2. The number of hydrogen-bond donors (Lipinski definition) is 0. The average molecular weight is 160 g/mol. The third kappa shape index (κ3) is 2.32. The second kappa shape index (κ2) is 4.46. The maximum absolute atomic E-state index is 5.22. The van der Waals surface area contributed by atoms with Gasteiger partial charge in [-0.3, -0.25) is 0 Å². The van der Waals surface area contributed by atoms with Crippen LogP contribution in [-0.4, -0.2) is 0 Å². The molecule has 0 unspecified atom stereocenters. The fourth-order valence-electron chi connectivity index (χ4n) is 0.939. The van der Waals surface area contributed by atoms with E-state index in [0.29, 0.717) is 0 Å². The maximum Gasteiger partial charge on any atom is 0.133 e. The monoisotopic (exact) mass is 160 g/mol. The van der Waals surface area contributed by atoms with Crippen molar-refractivity contribution >= 4 is 0 Å². The van der Waals surface area contributed by atoms with Crippen LogP contribution in [0.2, 0.25) is 0 Å². The van der Waals surface area contributed by atoms with Crippen LogP contribution in [0.4, 0.5) is 0 Å². The SMILES string of the molecule is CC#CO[C@@H](C)c1ccccc1. The van der Waals surface area contributed by atoms with E-state index in [9.17, 15) is 0 Å². The highest BCUT2D eigenvalue weighted by Crippen LogP contribution is 2.14. The highest BCUT2D eigenvalue weighted by molar-refractivity contribution is 5.17. The highest BCUT2D eigenvalue weighted by atomic mass is 16.5. The summed E-state index contributed by atoms with van der Waals surface area (Å²) >= 11 is 0. The predicted octanol–water partition coefficient (Wildman–Crippen LogP) is 2.75. The second-order valence-electron chi connectivity index (χ2n) is 2.52. The van der Waals surface area contributed by atoms with Crippen molar-refractivity contribution in [3.05, 3.63) is 35.9 Å². The van der Waals surface area contributed by atoms with Gasteiger partial charge in [-0.2, -0.15) is 0 Å². The minimum atomic E-state index is 0.0543. The molecule has 12 heavy (non-hydrogen) atoms. The van der Waals surface area contributed by atoms with Crippen LogP contribution >= 0.6 is 0 Å². The molecule has 1 aromatic rings. The molecule has 1 heteroatoms. The fraction of sp³-hybridized carbons (Fsp3) is 0.273. The Morgan fingerprint density at radius 2 is 1.92 bits per heavy atom. The third-order valence-corrected chi connectivity index (χ3v) is 1.61. The summed E-state index contributed by atoms with van der Waals surface area (Å²) in [6, 6.07) is 10.0. The molecular formula is C11H12O. The van der Waals surface area contributed by atoms with E-state index >= 15 is 0 Å². The standard InChI is InChI=1S/C11H12O/c1-3-9-12-10(2)11-7-5-4-6-8-11/h4-8,10H,1-2H3/t10-/m0/s1. The molecule has 0 bridgehead atoms. The summed E-state index contributed by atoms with van der Waals surface area (Å²) in [6.07, 6.45) is 2.65. The first-order valence-corrected chi connectivity index (χ1v) is 3.97. The molecule has 0 aromatic heterocycles. The molecule has 0 saturated heterocycles. The highest BCUT2D eigenvalue weighted by Gasteiger charge is 2.01. The van der Waals surface area contributed by atoms with Crippen molar-refractivity contribution in [2.75, 3.05) is 0 Å².